The summed E-state index contributed by atoms with van der Waals surface area (Å²) in [6.07, 6.45) is 12.9. The monoisotopic (exact) mass is 363 g/mol. The zero-order valence-corrected chi connectivity index (χ0v) is 15.9. The summed E-state index contributed by atoms with van der Waals surface area (Å²) in [7, 11) is 0. The first kappa shape index (κ1) is 16.1. The zero-order chi connectivity index (χ0) is 17.9. The van der Waals surface area contributed by atoms with E-state index in [4.69, 9.17) is 0 Å². The molecule has 5 fully saturated rings. The third-order valence-electron chi connectivity index (χ3n) is 7.75. The molecule has 3 unspecified atom stereocenters. The molecule has 0 radical (unpaired) electrons. The van der Waals surface area contributed by atoms with Crippen molar-refractivity contribution in [1.82, 2.24) is 20.1 Å². The van der Waals surface area contributed by atoms with E-state index in [1.165, 1.54) is 57.2 Å². The lowest BCUT2D eigenvalue weighted by atomic mass is 9.49. The molecule has 1 saturated heterocycles. The molecule has 0 amide bonds. The van der Waals surface area contributed by atoms with Crippen molar-refractivity contribution in [3.63, 3.8) is 0 Å². The van der Waals surface area contributed by atoms with Gasteiger partial charge in [0.1, 0.15) is 12.7 Å². The van der Waals surface area contributed by atoms with E-state index in [1.54, 1.807) is 6.33 Å². The van der Waals surface area contributed by atoms with Crippen LogP contribution in [0.1, 0.15) is 44.9 Å². The molecule has 5 nitrogen and oxygen atoms in total. The van der Waals surface area contributed by atoms with E-state index in [2.05, 4.69) is 55.3 Å². The summed E-state index contributed by atoms with van der Waals surface area (Å²) >= 11 is 0. The van der Waals surface area contributed by atoms with Crippen molar-refractivity contribution in [2.75, 3.05) is 18.0 Å². The Labute approximate surface area is 161 Å². The quantitative estimate of drug-likeness (QED) is 0.906. The summed E-state index contributed by atoms with van der Waals surface area (Å²) in [5.74, 6) is 1.71. The summed E-state index contributed by atoms with van der Waals surface area (Å²) in [5.41, 5.74) is 1.89. The van der Waals surface area contributed by atoms with E-state index in [0.717, 1.165) is 18.4 Å². The van der Waals surface area contributed by atoms with Crippen LogP contribution in [0.4, 0.5) is 5.69 Å². The molecule has 7 rings (SSSR count). The van der Waals surface area contributed by atoms with E-state index >= 15 is 0 Å². The van der Waals surface area contributed by atoms with Crippen molar-refractivity contribution in [3.05, 3.63) is 43.0 Å². The Balaban J connectivity index is 1.22. The maximum Gasteiger partial charge on any atom is 0.137 e. The Kier molecular flexibility index (Phi) is 3.46. The number of nitrogens with zero attached hydrogens (tertiary/aromatic N) is 4. The molecule has 1 aliphatic heterocycles. The lowest BCUT2D eigenvalue weighted by Crippen LogP contribution is -2.66. The van der Waals surface area contributed by atoms with Gasteiger partial charge in [0.15, 0.2) is 0 Å². The van der Waals surface area contributed by atoms with E-state index in [-0.39, 0.29) is 5.54 Å². The molecule has 1 aromatic carbocycles. The molecule has 4 aliphatic carbocycles. The highest BCUT2D eigenvalue weighted by atomic mass is 15.4. The van der Waals surface area contributed by atoms with Crippen LogP contribution in [0.15, 0.2) is 43.0 Å². The fourth-order valence-corrected chi connectivity index (χ4v) is 7.29. The smallest absolute Gasteiger partial charge is 0.137 e. The second-order valence-corrected chi connectivity index (χ2v) is 9.72. The predicted octanol–water partition coefficient (Wildman–Crippen LogP) is 3.19. The molecule has 4 bridgehead atoms. The summed E-state index contributed by atoms with van der Waals surface area (Å²) in [6, 6.07) is 11.5. The van der Waals surface area contributed by atoms with Gasteiger partial charge in [0, 0.05) is 30.4 Å². The molecular weight excluding hydrogens is 334 g/mol. The summed E-state index contributed by atoms with van der Waals surface area (Å²) in [4.78, 5) is 6.82. The second kappa shape index (κ2) is 5.81. The van der Waals surface area contributed by atoms with Gasteiger partial charge in [0.05, 0.1) is 5.54 Å². The number of para-hydroxylation sites is 1. The molecule has 3 atom stereocenters. The first-order valence-corrected chi connectivity index (χ1v) is 10.6. The lowest BCUT2D eigenvalue weighted by Gasteiger charge is -2.62. The van der Waals surface area contributed by atoms with E-state index in [9.17, 15) is 0 Å². The van der Waals surface area contributed by atoms with Crippen molar-refractivity contribution >= 4 is 5.69 Å². The van der Waals surface area contributed by atoms with Crippen molar-refractivity contribution < 1.29 is 0 Å². The van der Waals surface area contributed by atoms with Crippen LogP contribution < -0.4 is 10.2 Å². The van der Waals surface area contributed by atoms with Gasteiger partial charge in [-0.25, -0.2) is 9.67 Å². The van der Waals surface area contributed by atoms with Gasteiger partial charge in [0.2, 0.25) is 0 Å². The summed E-state index contributed by atoms with van der Waals surface area (Å²) < 4.78 is 2.21. The molecular formula is C22H29N5. The van der Waals surface area contributed by atoms with Crippen LogP contribution in [0.2, 0.25) is 0 Å². The molecule has 2 aromatic rings. The van der Waals surface area contributed by atoms with Crippen LogP contribution >= 0.6 is 0 Å². The Morgan fingerprint density at radius 1 is 1.04 bits per heavy atom. The Bertz CT molecular complexity index is 787. The maximum absolute atomic E-state index is 4.59. The zero-order valence-electron chi connectivity index (χ0n) is 15.9. The summed E-state index contributed by atoms with van der Waals surface area (Å²) in [6.45, 7) is 2.30. The molecule has 5 aliphatic rings. The largest absolute Gasteiger partial charge is 0.370 e. The Hall–Kier alpha value is -1.88. The van der Waals surface area contributed by atoms with Crippen molar-refractivity contribution in [2.45, 2.75) is 62.1 Å². The number of hydrogen-bond donors (Lipinski definition) is 1. The van der Waals surface area contributed by atoms with E-state index in [0.29, 0.717) is 11.6 Å². The van der Waals surface area contributed by atoms with Gasteiger partial charge < -0.3 is 10.2 Å². The number of rotatable bonds is 4. The molecule has 0 spiro atoms. The number of anilines is 1. The van der Waals surface area contributed by atoms with Gasteiger partial charge in [-0.2, -0.15) is 5.10 Å². The average Bonchev–Trinajstić information content (AvgIpc) is 3.33. The fraction of sp³-hybridized carbons (Fsp3) is 0.636. The average molecular weight is 364 g/mol. The summed E-state index contributed by atoms with van der Waals surface area (Å²) in [5, 5.41) is 8.80. The number of hydrogen-bond acceptors (Lipinski definition) is 4. The van der Waals surface area contributed by atoms with Crippen molar-refractivity contribution in [2.24, 2.45) is 11.8 Å². The fourth-order valence-electron chi connectivity index (χ4n) is 7.29. The second-order valence-electron chi connectivity index (χ2n) is 9.72. The first-order valence-electron chi connectivity index (χ1n) is 10.6. The highest BCUT2D eigenvalue weighted by molar-refractivity contribution is 5.47. The standard InChI is InChI=1S/C22H29N5/c1-2-4-20(5-3-1)26-7-6-19(13-26)25-21-9-17-8-18(10-21)12-22(11-17,14-21)27-16-23-15-24-27/h1-5,15-19,25H,6-14H2. The van der Waals surface area contributed by atoms with Crippen LogP contribution in [-0.2, 0) is 5.54 Å². The van der Waals surface area contributed by atoms with Crippen molar-refractivity contribution in [3.8, 4) is 0 Å². The van der Waals surface area contributed by atoms with Gasteiger partial charge in [-0.3, -0.25) is 0 Å². The SMILES string of the molecule is c1ccc(N2CCC(NC34CC5CC(C3)CC(n3cncn3)(C5)C4)C2)cc1. The van der Waals surface area contributed by atoms with E-state index in [1.807, 2.05) is 6.33 Å². The number of nitrogens with one attached hydrogen (secondary N) is 1. The van der Waals surface area contributed by atoms with Crippen LogP contribution in [-0.4, -0.2) is 39.4 Å². The van der Waals surface area contributed by atoms with Gasteiger partial charge in [-0.05, 0) is 68.9 Å². The highest BCUT2D eigenvalue weighted by Gasteiger charge is 2.59. The van der Waals surface area contributed by atoms with Crippen molar-refractivity contribution in [1.29, 1.82) is 0 Å². The number of benzene rings is 1. The molecule has 27 heavy (non-hydrogen) atoms. The van der Waals surface area contributed by atoms with E-state index < -0.39 is 0 Å². The number of aromatic nitrogens is 3. The minimum Gasteiger partial charge on any atom is -0.370 e. The molecule has 2 heterocycles. The third-order valence-corrected chi connectivity index (χ3v) is 7.75. The lowest BCUT2D eigenvalue weighted by molar-refractivity contribution is -0.0811. The van der Waals surface area contributed by atoms with Gasteiger partial charge >= 0.3 is 0 Å². The van der Waals surface area contributed by atoms with Crippen LogP contribution in [0.25, 0.3) is 0 Å². The third kappa shape index (κ3) is 2.62. The minimum atomic E-state index is 0.214. The van der Waals surface area contributed by atoms with Crippen LogP contribution in [0.5, 0.6) is 0 Å². The molecule has 1 N–H and O–H groups in total. The predicted molar refractivity (Wildman–Crippen MR) is 106 cm³/mol. The first-order chi connectivity index (χ1) is 13.2. The molecule has 1 aromatic heterocycles. The van der Waals surface area contributed by atoms with Gasteiger partial charge in [-0.15, -0.1) is 0 Å². The minimum absolute atomic E-state index is 0.214. The van der Waals surface area contributed by atoms with Crippen LogP contribution in [0.3, 0.4) is 0 Å². The van der Waals surface area contributed by atoms with Gasteiger partial charge in [-0.1, -0.05) is 18.2 Å². The molecule has 5 heteroatoms. The van der Waals surface area contributed by atoms with Crippen LogP contribution in [0, 0.1) is 11.8 Å². The highest BCUT2D eigenvalue weighted by Crippen LogP contribution is 2.60. The Morgan fingerprint density at radius 3 is 2.59 bits per heavy atom. The topological polar surface area (TPSA) is 46.0 Å². The molecule has 142 valence electrons. The normalized spacial score (nSPS) is 40.0. The Morgan fingerprint density at radius 2 is 1.85 bits per heavy atom. The van der Waals surface area contributed by atoms with Gasteiger partial charge in [0.25, 0.3) is 0 Å². The maximum atomic E-state index is 4.59. The molecule has 4 saturated carbocycles.